The van der Waals surface area contributed by atoms with Crippen LogP contribution in [0.15, 0.2) is 23.6 Å². The van der Waals surface area contributed by atoms with Gasteiger partial charge in [0.25, 0.3) is 0 Å². The Labute approximate surface area is 71.3 Å². The van der Waals surface area contributed by atoms with Crippen LogP contribution >= 0.6 is 0 Å². The first-order valence-electron chi connectivity index (χ1n) is 3.20. The fraction of sp³-hybridized carbons (Fsp3) is 0.250. The maximum atomic E-state index is 9.08. The van der Waals surface area contributed by atoms with E-state index in [2.05, 4.69) is 0 Å². The van der Waals surface area contributed by atoms with Crippen molar-refractivity contribution in [2.75, 3.05) is 14.1 Å². The summed E-state index contributed by atoms with van der Waals surface area (Å²) >= 11 is 0. The highest BCUT2D eigenvalue weighted by molar-refractivity contribution is 5.41. The minimum atomic E-state index is -0.311. The number of hydrogen-bond donors (Lipinski definition) is 1. The molecule has 0 radical (unpaired) electrons. The third kappa shape index (κ3) is 3.28. The lowest BCUT2D eigenvalue weighted by Gasteiger charge is -2.02. The first-order chi connectivity index (χ1) is 5.61. The minimum absolute atomic E-state index is 0.284. The Hall–Kier alpha value is -1.94. The van der Waals surface area contributed by atoms with E-state index in [-0.39, 0.29) is 11.3 Å². The van der Waals surface area contributed by atoms with E-state index in [0.717, 1.165) is 0 Å². The summed E-state index contributed by atoms with van der Waals surface area (Å²) in [4.78, 5) is 1.68. The third-order valence-corrected chi connectivity index (χ3v) is 1.01. The topological polar surface area (TPSA) is 71.0 Å². The van der Waals surface area contributed by atoms with Gasteiger partial charge in [-0.15, -0.1) is 0 Å². The van der Waals surface area contributed by atoms with E-state index in [1.54, 1.807) is 37.3 Å². The van der Waals surface area contributed by atoms with Crippen LogP contribution in [0.2, 0.25) is 0 Å². The molecule has 0 heterocycles. The molecule has 1 N–H and O–H groups in total. The van der Waals surface area contributed by atoms with Gasteiger partial charge in [-0.1, -0.05) is 0 Å². The van der Waals surface area contributed by atoms with Crippen LogP contribution in [0.3, 0.4) is 0 Å². The van der Waals surface area contributed by atoms with E-state index in [9.17, 15) is 0 Å². The largest absolute Gasteiger partial charge is 0.506 e. The Kier molecular flexibility index (Phi) is 4.03. The van der Waals surface area contributed by atoms with E-state index in [4.69, 9.17) is 15.6 Å². The van der Waals surface area contributed by atoms with Crippen molar-refractivity contribution in [2.45, 2.75) is 0 Å². The second kappa shape index (κ2) is 4.81. The lowest BCUT2D eigenvalue weighted by Crippen LogP contribution is -2.00. The Morgan fingerprint density at radius 2 is 1.83 bits per heavy atom. The smallest absolute Gasteiger partial charge is 0.171 e. The van der Waals surface area contributed by atoms with Crippen molar-refractivity contribution < 1.29 is 5.11 Å². The average Bonchev–Trinajstić information content (AvgIpc) is 2.03. The quantitative estimate of drug-likeness (QED) is 0.373. The highest BCUT2D eigenvalue weighted by Gasteiger charge is 1.98. The number of aliphatic hydroxyl groups is 1. The van der Waals surface area contributed by atoms with Crippen LogP contribution in [0.1, 0.15) is 0 Å². The van der Waals surface area contributed by atoms with Crippen molar-refractivity contribution in [3.8, 4) is 12.1 Å². The second-order valence-corrected chi connectivity index (χ2v) is 2.26. The van der Waals surface area contributed by atoms with Gasteiger partial charge in [0.05, 0.1) is 0 Å². The molecule has 0 aromatic carbocycles. The van der Waals surface area contributed by atoms with E-state index < -0.39 is 0 Å². The van der Waals surface area contributed by atoms with Gasteiger partial charge < -0.3 is 10.0 Å². The Bertz CT molecular complexity index is 272. The zero-order valence-corrected chi connectivity index (χ0v) is 6.94. The fourth-order valence-corrected chi connectivity index (χ4v) is 0.443. The van der Waals surface area contributed by atoms with Gasteiger partial charge in [0.2, 0.25) is 0 Å². The van der Waals surface area contributed by atoms with Gasteiger partial charge in [0.1, 0.15) is 17.9 Å². The molecule has 12 heavy (non-hydrogen) atoms. The van der Waals surface area contributed by atoms with Crippen LogP contribution in [0, 0.1) is 22.7 Å². The standard InChI is InChI=1S/C8H9N3O/c1-11(2)4-3-8(12)7(5-9)6-10/h3-4,12H,1-2H3/b4-3+. The van der Waals surface area contributed by atoms with Crippen molar-refractivity contribution in [3.05, 3.63) is 23.6 Å². The highest BCUT2D eigenvalue weighted by atomic mass is 16.3. The van der Waals surface area contributed by atoms with E-state index in [0.29, 0.717) is 0 Å². The molecule has 0 aromatic heterocycles. The van der Waals surface area contributed by atoms with Gasteiger partial charge in [0.15, 0.2) is 5.57 Å². The van der Waals surface area contributed by atoms with Crippen LogP contribution in [0.25, 0.3) is 0 Å². The molecule has 62 valence electrons. The zero-order valence-electron chi connectivity index (χ0n) is 6.94. The summed E-state index contributed by atoms with van der Waals surface area (Å²) < 4.78 is 0. The summed E-state index contributed by atoms with van der Waals surface area (Å²) in [5.74, 6) is -0.311. The summed E-state index contributed by atoms with van der Waals surface area (Å²) in [6, 6.07) is 3.15. The molecule has 0 saturated heterocycles. The number of nitrogens with zero attached hydrogens (tertiary/aromatic N) is 3. The predicted octanol–water partition coefficient (Wildman–Crippen LogP) is 0.921. The molecule has 0 aliphatic carbocycles. The maximum absolute atomic E-state index is 9.08. The maximum Gasteiger partial charge on any atom is 0.171 e. The molecule has 0 amide bonds. The normalized spacial score (nSPS) is 8.67. The summed E-state index contributed by atoms with van der Waals surface area (Å²) in [5, 5.41) is 25.7. The fourth-order valence-electron chi connectivity index (χ4n) is 0.443. The number of aliphatic hydroxyl groups excluding tert-OH is 1. The van der Waals surface area contributed by atoms with Crippen LogP contribution in [-0.2, 0) is 0 Å². The Balaban J connectivity index is 4.61. The molecule has 0 rings (SSSR count). The van der Waals surface area contributed by atoms with Gasteiger partial charge in [0, 0.05) is 20.3 Å². The molecular weight excluding hydrogens is 154 g/mol. The van der Waals surface area contributed by atoms with Crippen LogP contribution < -0.4 is 0 Å². The zero-order chi connectivity index (χ0) is 9.56. The van der Waals surface area contributed by atoms with Gasteiger partial charge in [-0.05, 0) is 6.08 Å². The molecule has 0 aliphatic heterocycles. The molecule has 0 fully saturated rings. The van der Waals surface area contributed by atoms with Crippen molar-refractivity contribution in [3.63, 3.8) is 0 Å². The Morgan fingerprint density at radius 1 is 1.33 bits per heavy atom. The van der Waals surface area contributed by atoms with Crippen molar-refractivity contribution in [2.24, 2.45) is 0 Å². The van der Waals surface area contributed by atoms with Gasteiger partial charge in [-0.25, -0.2) is 0 Å². The van der Waals surface area contributed by atoms with Crippen molar-refractivity contribution in [1.29, 1.82) is 10.5 Å². The SMILES string of the molecule is CN(C)/C=C/C(O)=C(C#N)C#N. The number of rotatable bonds is 2. The first kappa shape index (κ1) is 10.1. The lowest BCUT2D eigenvalue weighted by molar-refractivity contribution is 0.426. The number of allylic oxidation sites excluding steroid dienone is 2. The molecule has 0 atom stereocenters. The predicted molar refractivity (Wildman–Crippen MR) is 43.7 cm³/mol. The molecule has 0 saturated carbocycles. The van der Waals surface area contributed by atoms with Gasteiger partial charge >= 0.3 is 0 Å². The van der Waals surface area contributed by atoms with Crippen LogP contribution in [0.5, 0.6) is 0 Å². The van der Waals surface area contributed by atoms with E-state index >= 15 is 0 Å². The van der Waals surface area contributed by atoms with Crippen LogP contribution in [-0.4, -0.2) is 24.1 Å². The van der Waals surface area contributed by atoms with Crippen molar-refractivity contribution in [1.82, 2.24) is 4.90 Å². The molecule has 4 nitrogen and oxygen atoms in total. The number of hydrogen-bond acceptors (Lipinski definition) is 4. The minimum Gasteiger partial charge on any atom is -0.506 e. The average molecular weight is 163 g/mol. The van der Waals surface area contributed by atoms with Gasteiger partial charge in [-0.3, -0.25) is 0 Å². The molecule has 0 unspecified atom stereocenters. The Morgan fingerprint density at radius 3 is 2.17 bits per heavy atom. The molecule has 0 spiro atoms. The monoisotopic (exact) mass is 163 g/mol. The second-order valence-electron chi connectivity index (χ2n) is 2.26. The molecule has 4 heteroatoms. The van der Waals surface area contributed by atoms with Crippen molar-refractivity contribution >= 4 is 0 Å². The van der Waals surface area contributed by atoms with E-state index in [1.807, 2.05) is 0 Å². The molecule has 0 bridgehead atoms. The summed E-state index contributed by atoms with van der Waals surface area (Å²) in [6.45, 7) is 0. The summed E-state index contributed by atoms with van der Waals surface area (Å²) in [7, 11) is 3.53. The summed E-state index contributed by atoms with van der Waals surface area (Å²) in [6.07, 6.45) is 2.84. The van der Waals surface area contributed by atoms with Crippen LogP contribution in [0.4, 0.5) is 0 Å². The third-order valence-electron chi connectivity index (χ3n) is 1.01. The first-order valence-corrected chi connectivity index (χ1v) is 3.20. The molecular formula is C8H9N3O. The van der Waals surface area contributed by atoms with E-state index in [1.165, 1.54) is 6.08 Å². The molecule has 0 aromatic rings. The molecule has 0 aliphatic rings. The lowest BCUT2D eigenvalue weighted by atomic mass is 10.2. The van der Waals surface area contributed by atoms with Gasteiger partial charge in [-0.2, -0.15) is 10.5 Å². The summed E-state index contributed by atoms with van der Waals surface area (Å²) in [5.41, 5.74) is -0.284. The highest BCUT2D eigenvalue weighted by Crippen LogP contribution is 2.00. The number of nitriles is 2.